The van der Waals surface area contributed by atoms with E-state index >= 15 is 0 Å². The summed E-state index contributed by atoms with van der Waals surface area (Å²) in [5.74, 6) is -0.328. The van der Waals surface area contributed by atoms with Crippen molar-refractivity contribution >= 4 is 21.8 Å². The molecule has 0 unspecified atom stereocenters. The first-order valence-electron chi connectivity index (χ1n) is 4.86. The highest BCUT2D eigenvalue weighted by atomic mass is 79.9. The van der Waals surface area contributed by atoms with Crippen LogP contribution in [0.2, 0.25) is 0 Å². The molecule has 0 radical (unpaired) electrons. The first kappa shape index (κ1) is 14.0. The second-order valence-electron chi connectivity index (χ2n) is 3.06. The molecule has 0 spiro atoms. The maximum Gasteiger partial charge on any atom is 0.261 e. The molecular formula is C10H11BrF2N2O2. The van der Waals surface area contributed by atoms with E-state index in [0.29, 0.717) is 10.2 Å². The Morgan fingerprint density at radius 2 is 2.35 bits per heavy atom. The van der Waals surface area contributed by atoms with Crippen molar-refractivity contribution in [1.29, 1.82) is 0 Å². The molecule has 0 bridgehead atoms. The fourth-order valence-corrected chi connectivity index (χ4v) is 1.49. The lowest BCUT2D eigenvalue weighted by Crippen LogP contribution is -2.28. The number of carbonyl (C=O) groups is 1. The third-order valence-electron chi connectivity index (χ3n) is 1.78. The minimum atomic E-state index is -2.49. The fourth-order valence-electron chi connectivity index (χ4n) is 1.06. The molecule has 0 aliphatic rings. The highest BCUT2D eigenvalue weighted by Crippen LogP contribution is 2.11. The fraction of sp³-hybridized carbons (Fsp3) is 0.400. The van der Waals surface area contributed by atoms with Gasteiger partial charge >= 0.3 is 0 Å². The van der Waals surface area contributed by atoms with Crippen LogP contribution in [-0.4, -0.2) is 37.1 Å². The Morgan fingerprint density at radius 3 is 3.00 bits per heavy atom. The van der Waals surface area contributed by atoms with Crippen LogP contribution >= 0.6 is 15.9 Å². The van der Waals surface area contributed by atoms with Crippen molar-refractivity contribution in [1.82, 2.24) is 10.3 Å². The van der Waals surface area contributed by atoms with Gasteiger partial charge in [0.1, 0.15) is 11.2 Å². The van der Waals surface area contributed by atoms with Crippen LogP contribution < -0.4 is 5.32 Å². The molecular weight excluding hydrogens is 298 g/mol. The van der Waals surface area contributed by atoms with Crippen LogP contribution in [0.5, 0.6) is 0 Å². The Kier molecular flexibility index (Phi) is 5.99. The SMILES string of the molecule is O=C(NCCOCC(F)F)c1cccnc1Br. The summed E-state index contributed by atoms with van der Waals surface area (Å²) in [6.07, 6.45) is -0.940. The number of ether oxygens (including phenoxy) is 1. The van der Waals surface area contributed by atoms with E-state index in [2.05, 4.69) is 31.0 Å². The van der Waals surface area contributed by atoms with Gasteiger partial charge in [-0.2, -0.15) is 0 Å². The van der Waals surface area contributed by atoms with Crippen LogP contribution in [0.3, 0.4) is 0 Å². The first-order valence-corrected chi connectivity index (χ1v) is 5.65. The number of hydrogen-bond donors (Lipinski definition) is 1. The minimum absolute atomic E-state index is 0.0496. The number of aromatic nitrogens is 1. The molecule has 1 heterocycles. The van der Waals surface area contributed by atoms with Gasteiger partial charge < -0.3 is 10.1 Å². The number of nitrogens with one attached hydrogen (secondary N) is 1. The smallest absolute Gasteiger partial charge is 0.261 e. The van der Waals surface area contributed by atoms with E-state index in [1.807, 2.05) is 0 Å². The van der Waals surface area contributed by atoms with Crippen LogP contribution in [0.1, 0.15) is 10.4 Å². The van der Waals surface area contributed by atoms with Crippen molar-refractivity contribution < 1.29 is 18.3 Å². The van der Waals surface area contributed by atoms with Gasteiger partial charge in [0.2, 0.25) is 0 Å². The van der Waals surface area contributed by atoms with E-state index in [9.17, 15) is 13.6 Å². The summed E-state index contributed by atoms with van der Waals surface area (Å²) in [5, 5.41) is 2.53. The minimum Gasteiger partial charge on any atom is -0.374 e. The Labute approximate surface area is 105 Å². The number of alkyl halides is 2. The van der Waals surface area contributed by atoms with Crippen LogP contribution in [0.4, 0.5) is 8.78 Å². The van der Waals surface area contributed by atoms with Gasteiger partial charge in [0.25, 0.3) is 12.3 Å². The second kappa shape index (κ2) is 7.29. The Hall–Kier alpha value is -1.08. The predicted octanol–water partition coefficient (Wildman–Crippen LogP) is 1.86. The molecule has 94 valence electrons. The van der Waals surface area contributed by atoms with Crippen molar-refractivity contribution in [3.8, 4) is 0 Å². The third kappa shape index (κ3) is 5.18. The lowest BCUT2D eigenvalue weighted by Gasteiger charge is -2.06. The standard InChI is InChI=1S/C10H11BrF2N2O2/c11-9-7(2-1-3-14-9)10(16)15-4-5-17-6-8(12)13/h1-3,8H,4-6H2,(H,15,16). The topological polar surface area (TPSA) is 51.2 Å². The molecule has 0 atom stereocenters. The molecule has 1 rings (SSSR count). The van der Waals surface area contributed by atoms with Gasteiger partial charge in [-0.1, -0.05) is 0 Å². The normalized spacial score (nSPS) is 10.6. The molecule has 1 aromatic rings. The zero-order chi connectivity index (χ0) is 12.7. The molecule has 17 heavy (non-hydrogen) atoms. The van der Waals surface area contributed by atoms with Gasteiger partial charge in [-0.15, -0.1) is 0 Å². The maximum absolute atomic E-state index is 11.7. The molecule has 0 fully saturated rings. The lowest BCUT2D eigenvalue weighted by atomic mass is 10.3. The zero-order valence-electron chi connectivity index (χ0n) is 8.83. The number of rotatable bonds is 6. The zero-order valence-corrected chi connectivity index (χ0v) is 10.4. The van der Waals surface area contributed by atoms with Gasteiger partial charge in [-0.25, -0.2) is 13.8 Å². The molecule has 0 saturated heterocycles. The van der Waals surface area contributed by atoms with Gasteiger partial charge in [0, 0.05) is 12.7 Å². The van der Waals surface area contributed by atoms with Crippen molar-refractivity contribution in [2.45, 2.75) is 6.43 Å². The van der Waals surface area contributed by atoms with Crippen molar-refractivity contribution in [2.75, 3.05) is 19.8 Å². The monoisotopic (exact) mass is 308 g/mol. The Morgan fingerprint density at radius 1 is 1.59 bits per heavy atom. The highest BCUT2D eigenvalue weighted by Gasteiger charge is 2.09. The average Bonchev–Trinajstić information content (AvgIpc) is 2.28. The summed E-state index contributed by atoms with van der Waals surface area (Å²) in [4.78, 5) is 15.5. The number of pyridine rings is 1. The van der Waals surface area contributed by atoms with E-state index < -0.39 is 13.0 Å². The van der Waals surface area contributed by atoms with E-state index in [1.54, 1.807) is 18.3 Å². The summed E-state index contributed by atoms with van der Waals surface area (Å²) in [6, 6.07) is 3.24. The molecule has 1 amide bonds. The molecule has 0 aliphatic carbocycles. The van der Waals surface area contributed by atoms with Gasteiger partial charge in [-0.3, -0.25) is 4.79 Å². The molecule has 0 saturated carbocycles. The first-order chi connectivity index (χ1) is 8.11. The molecule has 1 N–H and O–H groups in total. The van der Waals surface area contributed by atoms with E-state index in [0.717, 1.165) is 0 Å². The molecule has 0 aromatic carbocycles. The number of amides is 1. The highest BCUT2D eigenvalue weighted by molar-refractivity contribution is 9.10. The van der Waals surface area contributed by atoms with Crippen LogP contribution in [0.15, 0.2) is 22.9 Å². The number of nitrogens with zero attached hydrogens (tertiary/aromatic N) is 1. The summed E-state index contributed by atoms with van der Waals surface area (Å²) in [7, 11) is 0. The number of carbonyl (C=O) groups excluding carboxylic acids is 1. The quantitative estimate of drug-likeness (QED) is 0.644. The summed E-state index contributed by atoms with van der Waals surface area (Å²) < 4.78 is 28.5. The molecule has 1 aromatic heterocycles. The van der Waals surface area contributed by atoms with Gasteiger partial charge in [0.05, 0.1) is 12.2 Å². The molecule has 0 aliphatic heterocycles. The van der Waals surface area contributed by atoms with Crippen LogP contribution in [0, 0.1) is 0 Å². The van der Waals surface area contributed by atoms with Gasteiger partial charge in [-0.05, 0) is 28.1 Å². The number of halogens is 3. The molecule has 7 heteroatoms. The average molecular weight is 309 g/mol. The third-order valence-corrected chi connectivity index (χ3v) is 2.41. The van der Waals surface area contributed by atoms with E-state index in [4.69, 9.17) is 0 Å². The Bertz CT molecular complexity index is 377. The predicted molar refractivity (Wildman–Crippen MR) is 61.1 cm³/mol. The maximum atomic E-state index is 11.7. The molecule has 4 nitrogen and oxygen atoms in total. The van der Waals surface area contributed by atoms with Crippen molar-refractivity contribution in [3.63, 3.8) is 0 Å². The van der Waals surface area contributed by atoms with Gasteiger partial charge in [0.15, 0.2) is 0 Å². The van der Waals surface area contributed by atoms with Crippen LogP contribution in [0.25, 0.3) is 0 Å². The summed E-state index contributed by atoms with van der Waals surface area (Å²) in [5.41, 5.74) is 0.390. The van der Waals surface area contributed by atoms with E-state index in [1.165, 1.54) is 0 Å². The van der Waals surface area contributed by atoms with Crippen LogP contribution in [-0.2, 0) is 4.74 Å². The second-order valence-corrected chi connectivity index (χ2v) is 3.81. The Balaban J connectivity index is 2.29. The summed E-state index contributed by atoms with van der Waals surface area (Å²) in [6.45, 7) is -0.396. The van der Waals surface area contributed by atoms with E-state index in [-0.39, 0.29) is 19.1 Å². The number of hydrogen-bond acceptors (Lipinski definition) is 3. The largest absolute Gasteiger partial charge is 0.374 e. The summed E-state index contributed by atoms with van der Waals surface area (Å²) >= 11 is 3.14. The van der Waals surface area contributed by atoms with Crippen molar-refractivity contribution in [2.24, 2.45) is 0 Å². The van der Waals surface area contributed by atoms with Crippen molar-refractivity contribution in [3.05, 3.63) is 28.5 Å². The lowest BCUT2D eigenvalue weighted by molar-refractivity contribution is 0.0188.